The van der Waals surface area contributed by atoms with Crippen LogP contribution in [0.2, 0.25) is 5.02 Å². The number of rotatable bonds is 26. The monoisotopic (exact) mass is 1270 g/mol. The molecule has 490 valence electrons. The number of likely N-dealkylation sites (N-methyl/N-ethyl adjacent to an activating group) is 1. The highest BCUT2D eigenvalue weighted by Crippen LogP contribution is 2.49. The molecule has 0 aliphatic carbocycles. The van der Waals surface area contributed by atoms with E-state index < -0.39 is 141 Å². The largest absolute Gasteiger partial charge is 0.495 e. The molecule has 2 saturated heterocycles. The van der Waals surface area contributed by atoms with Crippen molar-refractivity contribution >= 4 is 75.7 Å². The van der Waals surface area contributed by atoms with Gasteiger partial charge in [-0.15, -0.1) is 0 Å². The Morgan fingerprint density at radius 1 is 0.910 bits per heavy atom. The van der Waals surface area contributed by atoms with Gasteiger partial charge in [-0.2, -0.15) is 0 Å². The number of nitrogens with zero attached hydrogens (tertiary/aromatic N) is 7. The Hall–Kier alpha value is -7.21. The van der Waals surface area contributed by atoms with Crippen molar-refractivity contribution < 1.29 is 82.5 Å². The number of hydrazine groups is 1. The van der Waals surface area contributed by atoms with Crippen LogP contribution in [0.5, 0.6) is 5.75 Å². The molecule has 3 aliphatic heterocycles. The molecule has 4 heterocycles. The molecule has 4 bridgehead atoms. The SMILES string of the molecule is CNN(C)Cc1cc2ccccc2n1CCC(=O)NCC(=O)N(CCO)CC(=O)N(CCO)CC(=O)N(CCO)CCC(=O)N(C)[C@@H](C)C(=O)O[C@H]1CC(=O)N(C)c2cc(cc(OC)c2Cl)C/C(C)=C/C=C/[C@@H](OC)[C@@]2(O)C[C@H](OC(=O)N2)[C@@H](C)C2O[C@]21C. The first-order chi connectivity index (χ1) is 42.3. The van der Waals surface area contributed by atoms with Crippen molar-refractivity contribution in [3.63, 3.8) is 0 Å². The van der Waals surface area contributed by atoms with Gasteiger partial charge in [-0.1, -0.05) is 60.5 Å². The van der Waals surface area contributed by atoms with Gasteiger partial charge in [0.1, 0.15) is 40.7 Å². The van der Waals surface area contributed by atoms with Gasteiger partial charge in [0.15, 0.2) is 5.72 Å². The van der Waals surface area contributed by atoms with E-state index >= 15 is 0 Å². The Kier molecular flexibility index (Phi) is 25.5. The number of carbonyl (C=O) groups is 8. The van der Waals surface area contributed by atoms with Crippen molar-refractivity contribution in [1.82, 2.24) is 45.2 Å². The van der Waals surface area contributed by atoms with Crippen molar-refractivity contribution in [2.24, 2.45) is 5.92 Å². The summed E-state index contributed by atoms with van der Waals surface area (Å²) in [5.74, 6) is -5.15. The van der Waals surface area contributed by atoms with Gasteiger partial charge in [0.05, 0.1) is 71.3 Å². The van der Waals surface area contributed by atoms with Gasteiger partial charge in [-0.05, 0) is 69.5 Å². The third kappa shape index (κ3) is 18.0. The molecule has 3 aromatic rings. The lowest BCUT2D eigenvalue weighted by Crippen LogP contribution is -2.63. The molecule has 6 rings (SSSR count). The molecule has 7 N–H and O–H groups in total. The van der Waals surface area contributed by atoms with E-state index in [4.69, 9.17) is 35.3 Å². The quantitative estimate of drug-likeness (QED) is 0.0336. The summed E-state index contributed by atoms with van der Waals surface area (Å²) < 4.78 is 31.5. The van der Waals surface area contributed by atoms with Crippen molar-refractivity contribution in [3.05, 3.63) is 82.5 Å². The number of amides is 7. The fourth-order valence-corrected chi connectivity index (χ4v) is 11.3. The Morgan fingerprint density at radius 2 is 1.56 bits per heavy atom. The summed E-state index contributed by atoms with van der Waals surface area (Å²) in [6, 6.07) is 12.0. The fraction of sp³-hybridized carbons (Fsp3) is 0.574. The molecule has 2 aromatic carbocycles. The molecular formula is C61H87ClN10O17. The minimum absolute atomic E-state index is 0.0246. The molecule has 1 unspecified atom stereocenters. The molecule has 8 atom stereocenters. The highest BCUT2D eigenvalue weighted by molar-refractivity contribution is 6.35. The number of aliphatic hydroxyl groups is 4. The third-order valence-electron chi connectivity index (χ3n) is 16.6. The number of aromatic nitrogens is 1. The number of carbonyl (C=O) groups excluding carboxylic acids is 8. The van der Waals surface area contributed by atoms with Crippen LogP contribution in [0.3, 0.4) is 0 Å². The number of esters is 1. The lowest BCUT2D eigenvalue weighted by atomic mass is 9.83. The number of ether oxygens (including phenoxy) is 5. The standard InChI is InChI=1S/C61H87ClN10O17/c1-38-14-13-17-48(86-10)61(84)33-47(87-59(83)65-61)39(2)57-60(4,89-57)49(32-52(78)68(8)45-29-41(28-38)30-46(85-9)56(45)62)88-58(82)40(3)67(7)51(77)19-20-69(22-25-73)54(80)36-71(24-27-75)55(81)37-70(23-26-74)53(79)34-64-50(76)18-21-72-43(35-66(6)63-5)31-42-15-11-12-16-44(42)72/h11-17,29-31,39-40,47-49,57,63,73-75,84H,18-28,32-37H2,1-10H3,(H,64,76)(H,65,83)/b17-13+,38-14+/t39-,40+,47+,48-,49+,57?,60+,61+/m1/s1. The molecule has 0 spiro atoms. The van der Waals surface area contributed by atoms with Crippen LogP contribution in [0.1, 0.15) is 64.6 Å². The van der Waals surface area contributed by atoms with Crippen LogP contribution in [-0.4, -0.2) is 247 Å². The number of para-hydroxylation sites is 1. The zero-order valence-corrected chi connectivity index (χ0v) is 53.1. The van der Waals surface area contributed by atoms with Crippen molar-refractivity contribution in [3.8, 4) is 5.75 Å². The van der Waals surface area contributed by atoms with Gasteiger partial charge in [-0.3, -0.25) is 39.5 Å². The lowest BCUT2D eigenvalue weighted by Gasteiger charge is -2.42. The van der Waals surface area contributed by atoms with E-state index in [1.165, 1.54) is 40.1 Å². The van der Waals surface area contributed by atoms with E-state index in [0.29, 0.717) is 30.9 Å². The Bertz CT molecular complexity index is 3090. The molecule has 27 nitrogen and oxygen atoms in total. The lowest BCUT2D eigenvalue weighted by molar-refractivity contribution is -0.162. The summed E-state index contributed by atoms with van der Waals surface area (Å²) in [4.78, 5) is 116. The molecule has 89 heavy (non-hydrogen) atoms. The number of hydrogen-bond acceptors (Lipinski definition) is 19. The third-order valence-corrected chi connectivity index (χ3v) is 17.0. The topological polar surface area (TPSA) is 327 Å². The zero-order chi connectivity index (χ0) is 65.5. The summed E-state index contributed by atoms with van der Waals surface area (Å²) >= 11 is 6.84. The second kappa shape index (κ2) is 32.0. The first kappa shape index (κ1) is 70.9. The number of allylic oxidation sites excluding steroid dienone is 3. The van der Waals surface area contributed by atoms with Gasteiger partial charge in [0.25, 0.3) is 0 Å². The second-order valence-electron chi connectivity index (χ2n) is 22.8. The highest BCUT2D eigenvalue weighted by Gasteiger charge is 2.64. The number of benzene rings is 2. The molecule has 7 amide bonds. The summed E-state index contributed by atoms with van der Waals surface area (Å²) in [7, 11) is 9.36. The van der Waals surface area contributed by atoms with Crippen LogP contribution in [0.25, 0.3) is 10.9 Å². The van der Waals surface area contributed by atoms with Crippen molar-refractivity contribution in [1.29, 1.82) is 0 Å². The molecule has 0 saturated carbocycles. The van der Waals surface area contributed by atoms with E-state index in [1.807, 2.05) is 60.0 Å². The normalized spacial score (nSPS) is 23.2. The molecule has 2 fully saturated rings. The number of aryl methyl sites for hydroxylation is 1. The van der Waals surface area contributed by atoms with Gasteiger partial charge >= 0.3 is 12.1 Å². The molecule has 1 aromatic heterocycles. The van der Waals surface area contributed by atoms with Gasteiger partial charge in [0.2, 0.25) is 35.4 Å². The van der Waals surface area contributed by atoms with Gasteiger partial charge in [0, 0.05) is 97.4 Å². The van der Waals surface area contributed by atoms with E-state index in [9.17, 15) is 58.8 Å². The molecule has 3 aliphatic rings. The van der Waals surface area contributed by atoms with Crippen LogP contribution >= 0.6 is 11.6 Å². The van der Waals surface area contributed by atoms with Gasteiger partial charge in [-0.25, -0.2) is 14.6 Å². The number of alkyl carbamates (subject to hydrolysis) is 1. The predicted molar refractivity (Wildman–Crippen MR) is 327 cm³/mol. The number of epoxide rings is 1. The summed E-state index contributed by atoms with van der Waals surface area (Å²) in [5.41, 5.74) is 3.52. The molecule has 0 radical (unpaired) electrons. The average Bonchev–Trinajstić information content (AvgIpc) is 1.75. The van der Waals surface area contributed by atoms with E-state index in [1.54, 1.807) is 45.2 Å². The van der Waals surface area contributed by atoms with Crippen LogP contribution in [0.15, 0.2) is 66.3 Å². The number of anilines is 1. The number of hydrogen-bond donors (Lipinski definition) is 7. The molecular weight excluding hydrogens is 1180 g/mol. The molecule has 28 heteroatoms. The van der Waals surface area contributed by atoms with Crippen molar-refractivity contribution in [2.45, 2.75) is 115 Å². The number of nitrogens with one attached hydrogen (secondary N) is 3. The summed E-state index contributed by atoms with van der Waals surface area (Å²) in [5, 5.41) is 49.9. The number of halogens is 1. The Morgan fingerprint density at radius 3 is 2.21 bits per heavy atom. The van der Waals surface area contributed by atoms with Crippen molar-refractivity contribution in [2.75, 3.05) is 113 Å². The minimum Gasteiger partial charge on any atom is -0.495 e. The second-order valence-corrected chi connectivity index (χ2v) is 23.2. The smallest absolute Gasteiger partial charge is 0.409 e. The maximum Gasteiger partial charge on any atom is 0.409 e. The predicted octanol–water partition coefficient (Wildman–Crippen LogP) is 1.09. The Labute approximate surface area is 523 Å². The first-order valence-corrected chi connectivity index (χ1v) is 29.9. The van der Waals surface area contributed by atoms with E-state index in [2.05, 4.69) is 16.1 Å². The highest BCUT2D eigenvalue weighted by atomic mass is 35.5. The van der Waals surface area contributed by atoms with Gasteiger partial charge < -0.3 is 78.5 Å². The number of methoxy groups -OCH3 is 2. The van der Waals surface area contributed by atoms with E-state index in [0.717, 1.165) is 47.3 Å². The summed E-state index contributed by atoms with van der Waals surface area (Å²) in [6.45, 7) is 2.84. The van der Waals surface area contributed by atoms with Crippen LogP contribution < -0.4 is 25.7 Å². The first-order valence-electron chi connectivity index (χ1n) is 29.5. The fourth-order valence-electron chi connectivity index (χ4n) is 11.0. The van der Waals surface area contributed by atoms with Crippen LogP contribution in [0.4, 0.5) is 10.5 Å². The Balaban J connectivity index is 1.10. The van der Waals surface area contributed by atoms with E-state index in [-0.39, 0.29) is 50.5 Å². The zero-order valence-electron chi connectivity index (χ0n) is 52.4. The summed E-state index contributed by atoms with van der Waals surface area (Å²) in [6.07, 6.45) is -0.528. The number of aliphatic hydroxyl groups excluding tert-OH is 3. The van der Waals surface area contributed by atoms with Crippen LogP contribution in [0, 0.1) is 5.92 Å². The maximum absolute atomic E-state index is 14.5. The maximum atomic E-state index is 14.5. The average molecular weight is 1270 g/mol. The van der Waals surface area contributed by atoms with Crippen LogP contribution in [-0.2, 0) is 72.0 Å². The number of fused-ring (bicyclic) bond motifs is 6. The minimum atomic E-state index is -1.93.